The minimum absolute atomic E-state index is 0.0903. The van der Waals surface area contributed by atoms with Crippen LogP contribution in [0.3, 0.4) is 0 Å². The zero-order chi connectivity index (χ0) is 7.41. The molecule has 2 rings (SSSR count). The molecule has 1 nitrogen and oxygen atoms in total. The highest BCUT2D eigenvalue weighted by atomic mass is 16.1. The van der Waals surface area contributed by atoms with Gasteiger partial charge < -0.3 is 0 Å². The van der Waals surface area contributed by atoms with Crippen molar-refractivity contribution in [2.24, 2.45) is 10.8 Å². The van der Waals surface area contributed by atoms with Gasteiger partial charge in [-0.05, 0) is 24.7 Å². The van der Waals surface area contributed by atoms with E-state index in [2.05, 4.69) is 13.8 Å². The molecule has 1 heteroatoms. The van der Waals surface area contributed by atoms with Crippen molar-refractivity contribution in [3.63, 3.8) is 0 Å². The molecule has 0 aromatic heterocycles. The molecule has 0 aliphatic heterocycles. The van der Waals surface area contributed by atoms with Crippen LogP contribution in [0.1, 0.15) is 39.5 Å². The Hall–Kier alpha value is -0.330. The Morgan fingerprint density at radius 3 is 2.10 bits per heavy atom. The van der Waals surface area contributed by atoms with Gasteiger partial charge in [0.1, 0.15) is 5.78 Å². The summed E-state index contributed by atoms with van der Waals surface area (Å²) >= 11 is 0. The van der Waals surface area contributed by atoms with E-state index >= 15 is 0 Å². The molecule has 2 fully saturated rings. The maximum atomic E-state index is 11.4. The number of Topliss-reactive ketones (excluding diaryl/α,β-unsaturated/α-hetero) is 1. The van der Waals surface area contributed by atoms with E-state index in [9.17, 15) is 4.79 Å². The van der Waals surface area contributed by atoms with Gasteiger partial charge in [-0.15, -0.1) is 0 Å². The predicted octanol–water partition coefficient (Wildman–Crippen LogP) is 2.16. The van der Waals surface area contributed by atoms with E-state index in [4.69, 9.17) is 0 Å². The van der Waals surface area contributed by atoms with Crippen molar-refractivity contribution in [3.05, 3.63) is 0 Å². The maximum Gasteiger partial charge on any atom is 0.139 e. The van der Waals surface area contributed by atoms with Crippen molar-refractivity contribution in [2.75, 3.05) is 0 Å². The molecule has 0 N–H and O–H groups in total. The standard InChI is InChI=1S/C9H14O/c1-8-4-3-7(10)9(8,2)6-5-8/h3-6H2,1-2H3. The van der Waals surface area contributed by atoms with Gasteiger partial charge in [0.05, 0.1) is 0 Å². The van der Waals surface area contributed by atoms with E-state index < -0.39 is 0 Å². The van der Waals surface area contributed by atoms with Crippen LogP contribution in [0.2, 0.25) is 0 Å². The minimum Gasteiger partial charge on any atom is -0.299 e. The first-order valence-corrected chi connectivity index (χ1v) is 4.12. The molecule has 0 bridgehead atoms. The highest BCUT2D eigenvalue weighted by molar-refractivity contribution is 5.88. The topological polar surface area (TPSA) is 17.1 Å². The molecule has 2 saturated carbocycles. The van der Waals surface area contributed by atoms with Gasteiger partial charge >= 0.3 is 0 Å². The van der Waals surface area contributed by atoms with Crippen molar-refractivity contribution >= 4 is 5.78 Å². The van der Waals surface area contributed by atoms with Gasteiger partial charge in [0, 0.05) is 11.8 Å². The monoisotopic (exact) mass is 138 g/mol. The highest BCUT2D eigenvalue weighted by Crippen LogP contribution is 2.64. The lowest BCUT2D eigenvalue weighted by Crippen LogP contribution is -2.46. The summed E-state index contributed by atoms with van der Waals surface area (Å²) in [5.74, 6) is 0.515. The largest absolute Gasteiger partial charge is 0.299 e. The third-order valence-electron chi connectivity index (χ3n) is 4.03. The Bertz CT molecular complexity index is 197. The van der Waals surface area contributed by atoms with Gasteiger partial charge in [0.25, 0.3) is 0 Å². The zero-order valence-electron chi connectivity index (χ0n) is 6.74. The van der Waals surface area contributed by atoms with Crippen LogP contribution in [-0.2, 0) is 4.79 Å². The predicted molar refractivity (Wildman–Crippen MR) is 39.7 cm³/mol. The number of hydrogen-bond acceptors (Lipinski definition) is 1. The molecule has 56 valence electrons. The summed E-state index contributed by atoms with van der Waals surface area (Å²) in [6.07, 6.45) is 4.40. The van der Waals surface area contributed by atoms with Gasteiger partial charge in [-0.3, -0.25) is 4.79 Å². The summed E-state index contributed by atoms with van der Waals surface area (Å²) in [5, 5.41) is 0. The summed E-state index contributed by atoms with van der Waals surface area (Å²) in [6, 6.07) is 0. The molecule has 0 amide bonds. The SMILES string of the molecule is CC12CCC(=O)C1(C)CC2. The normalized spacial score (nSPS) is 52.4. The van der Waals surface area contributed by atoms with Gasteiger partial charge in [-0.1, -0.05) is 13.8 Å². The fraction of sp³-hybridized carbons (Fsp3) is 0.889. The van der Waals surface area contributed by atoms with Gasteiger partial charge in [0.15, 0.2) is 0 Å². The second-order valence-corrected chi connectivity index (χ2v) is 4.32. The zero-order valence-corrected chi connectivity index (χ0v) is 6.74. The quantitative estimate of drug-likeness (QED) is 0.501. The number of ketones is 1. The van der Waals surface area contributed by atoms with E-state index in [1.807, 2.05) is 0 Å². The van der Waals surface area contributed by atoms with E-state index in [-0.39, 0.29) is 5.41 Å². The summed E-state index contributed by atoms with van der Waals surface area (Å²) in [4.78, 5) is 11.4. The van der Waals surface area contributed by atoms with Crippen LogP contribution in [0, 0.1) is 10.8 Å². The summed E-state index contributed by atoms with van der Waals surface area (Å²) in [6.45, 7) is 4.41. The molecule has 0 aromatic carbocycles. The van der Waals surface area contributed by atoms with Crippen molar-refractivity contribution in [1.29, 1.82) is 0 Å². The summed E-state index contributed by atoms with van der Waals surface area (Å²) < 4.78 is 0. The molecule has 0 radical (unpaired) electrons. The molecule has 0 spiro atoms. The average molecular weight is 138 g/mol. The Morgan fingerprint density at radius 2 is 1.90 bits per heavy atom. The minimum atomic E-state index is 0.0903. The van der Waals surface area contributed by atoms with Crippen LogP contribution in [0.4, 0.5) is 0 Å². The third kappa shape index (κ3) is 0.446. The second kappa shape index (κ2) is 1.46. The van der Waals surface area contributed by atoms with Crippen molar-refractivity contribution in [1.82, 2.24) is 0 Å². The van der Waals surface area contributed by atoms with Crippen LogP contribution in [0.5, 0.6) is 0 Å². The first-order valence-electron chi connectivity index (χ1n) is 4.12. The number of carbonyl (C=O) groups excluding carboxylic acids is 1. The Kier molecular flexibility index (Phi) is 0.934. The molecule has 2 aliphatic rings. The smallest absolute Gasteiger partial charge is 0.139 e. The summed E-state index contributed by atoms with van der Waals surface area (Å²) in [7, 11) is 0. The van der Waals surface area contributed by atoms with Crippen LogP contribution in [0.25, 0.3) is 0 Å². The highest BCUT2D eigenvalue weighted by Gasteiger charge is 2.60. The molecular formula is C9H14O. The lowest BCUT2D eigenvalue weighted by atomic mass is 9.53. The molecule has 0 saturated heterocycles. The lowest BCUT2D eigenvalue weighted by Gasteiger charge is -2.50. The van der Waals surface area contributed by atoms with E-state index in [0.717, 1.165) is 19.3 Å². The molecule has 0 aromatic rings. The fourth-order valence-corrected chi connectivity index (χ4v) is 2.47. The van der Waals surface area contributed by atoms with Crippen molar-refractivity contribution in [3.8, 4) is 0 Å². The molecule has 0 heterocycles. The first-order chi connectivity index (χ1) is 4.58. The van der Waals surface area contributed by atoms with Crippen LogP contribution in [-0.4, -0.2) is 5.78 Å². The van der Waals surface area contributed by atoms with Crippen LogP contribution < -0.4 is 0 Å². The van der Waals surface area contributed by atoms with Gasteiger partial charge in [-0.2, -0.15) is 0 Å². The first kappa shape index (κ1) is 6.38. The number of carbonyl (C=O) groups is 1. The fourth-order valence-electron chi connectivity index (χ4n) is 2.47. The molecule has 2 unspecified atom stereocenters. The third-order valence-corrected chi connectivity index (χ3v) is 4.03. The van der Waals surface area contributed by atoms with E-state index in [1.54, 1.807) is 0 Å². The van der Waals surface area contributed by atoms with Gasteiger partial charge in [0.2, 0.25) is 0 Å². The van der Waals surface area contributed by atoms with Gasteiger partial charge in [-0.25, -0.2) is 0 Å². The molecular weight excluding hydrogens is 124 g/mol. The maximum absolute atomic E-state index is 11.4. The second-order valence-electron chi connectivity index (χ2n) is 4.32. The number of fused-ring (bicyclic) bond motifs is 1. The van der Waals surface area contributed by atoms with E-state index in [1.165, 1.54) is 6.42 Å². The average Bonchev–Trinajstić information content (AvgIpc) is 2.04. The molecule has 10 heavy (non-hydrogen) atoms. The number of rotatable bonds is 0. The molecule has 2 atom stereocenters. The molecule has 2 aliphatic carbocycles. The van der Waals surface area contributed by atoms with Crippen molar-refractivity contribution < 1.29 is 4.79 Å². The summed E-state index contributed by atoms with van der Waals surface area (Å²) in [5.41, 5.74) is 0.483. The van der Waals surface area contributed by atoms with Crippen LogP contribution in [0.15, 0.2) is 0 Å². The Labute approximate surface area is 61.8 Å². The Balaban J connectivity index is 2.37. The number of hydrogen-bond donors (Lipinski definition) is 0. The van der Waals surface area contributed by atoms with Crippen molar-refractivity contribution in [2.45, 2.75) is 39.5 Å². The Morgan fingerprint density at radius 1 is 1.20 bits per heavy atom. The lowest BCUT2D eigenvalue weighted by molar-refractivity contribution is -0.136. The van der Waals surface area contributed by atoms with Crippen LogP contribution >= 0.6 is 0 Å². The van der Waals surface area contributed by atoms with E-state index in [0.29, 0.717) is 11.2 Å².